The molecule has 0 aliphatic heterocycles. The molecule has 0 atom stereocenters. The van der Waals surface area contributed by atoms with Crippen LogP contribution in [0.15, 0.2) is 18.2 Å². The van der Waals surface area contributed by atoms with Crippen molar-refractivity contribution in [2.45, 2.75) is 58.0 Å². The summed E-state index contributed by atoms with van der Waals surface area (Å²) in [6.45, 7) is 2.41. The van der Waals surface area contributed by atoms with Crippen LogP contribution in [0.2, 0.25) is 0 Å². The predicted molar refractivity (Wildman–Crippen MR) is 79.8 cm³/mol. The van der Waals surface area contributed by atoms with Crippen LogP contribution in [0.5, 0.6) is 11.5 Å². The maximum atomic E-state index is 13.3. The van der Waals surface area contributed by atoms with Crippen molar-refractivity contribution in [1.29, 1.82) is 0 Å². The summed E-state index contributed by atoms with van der Waals surface area (Å²) in [5, 5.41) is 2.68. The van der Waals surface area contributed by atoms with Crippen LogP contribution in [0.25, 0.3) is 0 Å². The number of hydrogen-bond acceptors (Lipinski definition) is 4. The average molecular weight is 347 g/mol. The number of halogens is 3. The summed E-state index contributed by atoms with van der Waals surface area (Å²) < 4.78 is 52.5. The molecule has 1 fully saturated rings. The minimum Gasteiger partial charge on any atom is -0.490 e. The fourth-order valence-electron chi connectivity index (χ4n) is 2.13. The van der Waals surface area contributed by atoms with Gasteiger partial charge in [-0.1, -0.05) is 0 Å². The Hall–Kier alpha value is -2.12. The van der Waals surface area contributed by atoms with E-state index in [1.54, 1.807) is 0 Å². The van der Waals surface area contributed by atoms with Gasteiger partial charge in [-0.25, -0.2) is 9.18 Å². The number of alkyl halides is 2. The largest absolute Gasteiger partial charge is 0.490 e. The van der Waals surface area contributed by atoms with E-state index in [0.717, 1.165) is 12.1 Å². The van der Waals surface area contributed by atoms with Gasteiger partial charge in [0.15, 0.2) is 11.6 Å². The first-order valence-electron chi connectivity index (χ1n) is 7.52. The topological polar surface area (TPSA) is 56.8 Å². The lowest BCUT2D eigenvalue weighted by molar-refractivity contribution is -0.0526. The van der Waals surface area contributed by atoms with E-state index < -0.39 is 24.3 Å². The van der Waals surface area contributed by atoms with Crippen molar-refractivity contribution >= 4 is 6.09 Å². The van der Waals surface area contributed by atoms with Gasteiger partial charge >= 0.3 is 12.7 Å². The Morgan fingerprint density at radius 2 is 1.92 bits per heavy atom. The highest BCUT2D eigenvalue weighted by atomic mass is 19.3. The van der Waals surface area contributed by atoms with E-state index >= 15 is 0 Å². The maximum absolute atomic E-state index is 13.3. The Morgan fingerprint density at radius 1 is 1.25 bits per heavy atom. The number of nitrogens with one attached hydrogen (secondary N) is 1. The molecule has 0 heterocycles. The van der Waals surface area contributed by atoms with Gasteiger partial charge in [0, 0.05) is 24.4 Å². The van der Waals surface area contributed by atoms with Gasteiger partial charge in [0.2, 0.25) is 0 Å². The lowest BCUT2D eigenvalue weighted by Gasteiger charge is -2.35. The van der Waals surface area contributed by atoms with Crippen molar-refractivity contribution in [1.82, 2.24) is 5.32 Å². The summed E-state index contributed by atoms with van der Waals surface area (Å²) >= 11 is 0. The number of carbonyl (C=O) groups excluding carboxylic acids is 1. The molecule has 8 heteroatoms. The SMILES string of the molecule is CC(C)(C)NC(=O)OC1CC(Oc2ccc(F)c(OC(F)F)c2)C1. The predicted octanol–water partition coefficient (Wildman–Crippen LogP) is 3.86. The van der Waals surface area contributed by atoms with E-state index in [1.807, 2.05) is 20.8 Å². The minimum absolute atomic E-state index is 0.217. The Labute approximate surface area is 138 Å². The zero-order valence-electron chi connectivity index (χ0n) is 13.6. The van der Waals surface area contributed by atoms with Crippen LogP contribution in [0, 0.1) is 5.82 Å². The molecule has 5 nitrogen and oxygen atoms in total. The van der Waals surface area contributed by atoms with Gasteiger partial charge in [-0.05, 0) is 32.9 Å². The molecule has 0 saturated heterocycles. The van der Waals surface area contributed by atoms with Crippen molar-refractivity contribution in [3.05, 3.63) is 24.0 Å². The Balaban J connectivity index is 1.80. The lowest BCUT2D eigenvalue weighted by Crippen LogP contribution is -2.46. The molecule has 2 rings (SSSR count). The third-order valence-electron chi connectivity index (χ3n) is 3.22. The van der Waals surface area contributed by atoms with Gasteiger partial charge < -0.3 is 19.5 Å². The van der Waals surface area contributed by atoms with Crippen molar-refractivity contribution in [3.8, 4) is 11.5 Å². The molecule has 1 aromatic carbocycles. The minimum atomic E-state index is -3.11. The van der Waals surface area contributed by atoms with E-state index in [-0.39, 0.29) is 23.5 Å². The normalized spacial score (nSPS) is 20.3. The molecule has 1 aliphatic carbocycles. The summed E-state index contributed by atoms with van der Waals surface area (Å²) in [5.74, 6) is -1.25. The Kier molecular flexibility index (Phi) is 5.46. The second kappa shape index (κ2) is 7.19. The molecule has 0 aromatic heterocycles. The zero-order chi connectivity index (χ0) is 17.9. The number of rotatable bonds is 5. The van der Waals surface area contributed by atoms with Gasteiger partial charge in [0.1, 0.15) is 18.0 Å². The van der Waals surface area contributed by atoms with Gasteiger partial charge in [0.25, 0.3) is 0 Å². The van der Waals surface area contributed by atoms with Crippen molar-refractivity contribution < 1.29 is 32.2 Å². The van der Waals surface area contributed by atoms with Crippen molar-refractivity contribution in [2.24, 2.45) is 0 Å². The molecule has 24 heavy (non-hydrogen) atoms. The monoisotopic (exact) mass is 347 g/mol. The summed E-state index contributed by atoms with van der Waals surface area (Å²) in [6, 6.07) is 3.40. The van der Waals surface area contributed by atoms with Crippen LogP contribution < -0.4 is 14.8 Å². The second-order valence-corrected chi connectivity index (χ2v) is 6.58. The number of alkyl carbamates (subject to hydrolysis) is 1. The molecule has 1 N–H and O–H groups in total. The molecular formula is C16H20F3NO4. The molecule has 134 valence electrons. The summed E-state index contributed by atoms with van der Waals surface area (Å²) in [5.41, 5.74) is -0.383. The van der Waals surface area contributed by atoms with Crippen LogP contribution >= 0.6 is 0 Å². The van der Waals surface area contributed by atoms with Gasteiger partial charge in [-0.2, -0.15) is 8.78 Å². The van der Waals surface area contributed by atoms with E-state index in [4.69, 9.17) is 9.47 Å². The summed E-state index contributed by atoms with van der Waals surface area (Å²) in [6.07, 6.45) is -0.0582. The second-order valence-electron chi connectivity index (χ2n) is 6.58. The Morgan fingerprint density at radius 3 is 2.50 bits per heavy atom. The number of carbonyl (C=O) groups is 1. The van der Waals surface area contributed by atoms with Crippen LogP contribution in [0.1, 0.15) is 33.6 Å². The molecule has 0 spiro atoms. The van der Waals surface area contributed by atoms with Gasteiger partial charge in [-0.3, -0.25) is 0 Å². The quantitative estimate of drug-likeness (QED) is 0.879. The molecule has 1 aliphatic rings. The van der Waals surface area contributed by atoms with Crippen LogP contribution in [0.4, 0.5) is 18.0 Å². The van der Waals surface area contributed by atoms with Crippen molar-refractivity contribution in [2.75, 3.05) is 0 Å². The van der Waals surface area contributed by atoms with E-state index in [2.05, 4.69) is 10.1 Å². The molecule has 0 radical (unpaired) electrons. The maximum Gasteiger partial charge on any atom is 0.407 e. The molecule has 1 saturated carbocycles. The van der Waals surface area contributed by atoms with Gasteiger partial charge in [-0.15, -0.1) is 0 Å². The average Bonchev–Trinajstić information content (AvgIpc) is 2.37. The lowest BCUT2D eigenvalue weighted by atomic mass is 9.92. The van der Waals surface area contributed by atoms with Crippen LogP contribution in [-0.2, 0) is 4.74 Å². The number of benzene rings is 1. The van der Waals surface area contributed by atoms with E-state index in [1.165, 1.54) is 6.07 Å². The third kappa shape index (κ3) is 5.50. The first kappa shape index (κ1) is 18.2. The zero-order valence-corrected chi connectivity index (χ0v) is 13.6. The Bertz CT molecular complexity index is 583. The number of amides is 1. The van der Waals surface area contributed by atoms with Crippen LogP contribution in [0.3, 0.4) is 0 Å². The fraction of sp³-hybridized carbons (Fsp3) is 0.562. The smallest absolute Gasteiger partial charge is 0.407 e. The fourth-order valence-corrected chi connectivity index (χ4v) is 2.13. The van der Waals surface area contributed by atoms with E-state index in [0.29, 0.717) is 12.8 Å². The molecule has 0 bridgehead atoms. The number of hydrogen-bond donors (Lipinski definition) is 1. The first-order valence-corrected chi connectivity index (χ1v) is 7.52. The van der Waals surface area contributed by atoms with Crippen molar-refractivity contribution in [3.63, 3.8) is 0 Å². The third-order valence-corrected chi connectivity index (χ3v) is 3.22. The van der Waals surface area contributed by atoms with E-state index in [9.17, 15) is 18.0 Å². The molecule has 1 amide bonds. The number of ether oxygens (including phenoxy) is 3. The first-order chi connectivity index (χ1) is 11.1. The highest BCUT2D eigenvalue weighted by Gasteiger charge is 2.34. The summed E-state index contributed by atoms with van der Waals surface area (Å²) in [4.78, 5) is 11.6. The highest BCUT2D eigenvalue weighted by molar-refractivity contribution is 5.68. The molecular weight excluding hydrogens is 327 g/mol. The van der Waals surface area contributed by atoms with Crippen LogP contribution in [-0.4, -0.2) is 30.5 Å². The van der Waals surface area contributed by atoms with Gasteiger partial charge in [0.05, 0.1) is 0 Å². The molecule has 0 unspecified atom stereocenters. The highest BCUT2D eigenvalue weighted by Crippen LogP contribution is 2.31. The molecule has 1 aromatic rings. The summed E-state index contributed by atoms with van der Waals surface area (Å²) in [7, 11) is 0. The standard InChI is InChI=1S/C16H20F3NO4/c1-16(2,3)20-15(21)23-11-6-10(7-11)22-9-4-5-12(17)13(8-9)24-14(18)19/h4-5,8,10-11,14H,6-7H2,1-3H3,(H,20,21).